The zero-order chi connectivity index (χ0) is 17.8. The van der Waals surface area contributed by atoms with Crippen molar-refractivity contribution in [1.29, 1.82) is 0 Å². The summed E-state index contributed by atoms with van der Waals surface area (Å²) < 4.78 is 20.9. The predicted molar refractivity (Wildman–Crippen MR) is 92.6 cm³/mol. The van der Waals surface area contributed by atoms with Gasteiger partial charge in [0.15, 0.2) is 6.23 Å². The molecule has 6 heteroatoms. The Bertz CT molecular complexity index is 374. The second-order valence-electron chi connectivity index (χ2n) is 6.43. The number of carbonyl (C=O) groups excluding carboxylic acids is 1. The summed E-state index contributed by atoms with van der Waals surface area (Å²) in [5, 5.41) is 2.66. The fourth-order valence-corrected chi connectivity index (χ4v) is 2.59. The first kappa shape index (κ1) is 20.9. The molecule has 1 N–H and O–H groups in total. The van der Waals surface area contributed by atoms with Gasteiger partial charge < -0.3 is 18.9 Å². The number of cyclic esters (lactones) is 1. The van der Waals surface area contributed by atoms with Crippen LogP contribution in [0, 0.1) is 11.8 Å². The number of ether oxygens (including phenoxy) is 4. The van der Waals surface area contributed by atoms with E-state index in [2.05, 4.69) is 38.2 Å². The van der Waals surface area contributed by atoms with Crippen molar-refractivity contribution in [2.75, 3.05) is 27.1 Å². The van der Waals surface area contributed by atoms with Gasteiger partial charge in [-0.25, -0.2) is 4.79 Å². The molecule has 1 amide bonds. The van der Waals surface area contributed by atoms with Crippen LogP contribution < -0.4 is 5.32 Å². The van der Waals surface area contributed by atoms with Crippen LogP contribution in [0.4, 0.5) is 4.79 Å². The molecule has 0 aromatic rings. The smallest absolute Gasteiger partial charge is 0.409 e. The highest BCUT2D eigenvalue weighted by molar-refractivity contribution is 5.69. The molecule has 0 spiro atoms. The minimum atomic E-state index is -0.453. The van der Waals surface area contributed by atoms with Crippen molar-refractivity contribution in [3.63, 3.8) is 0 Å². The normalized spacial score (nSPS) is 23.2. The van der Waals surface area contributed by atoms with Crippen molar-refractivity contribution in [2.45, 2.75) is 58.8 Å². The standard InChI is InChI=1S/C18H33NO5/c1-5-14(2)12-15(3)8-6-7-9-16-17(19-18(20)24-16)23-13-22-11-10-21-4/h6,8,14-17H,5,7,9-13H2,1-4H3,(H,19,20)/b8-6+/t14-,15-,16+,17+/m0/s1. The molecular weight excluding hydrogens is 310 g/mol. The molecule has 0 aromatic heterocycles. The van der Waals surface area contributed by atoms with E-state index < -0.39 is 12.3 Å². The van der Waals surface area contributed by atoms with Gasteiger partial charge in [-0.1, -0.05) is 39.3 Å². The molecule has 1 rings (SSSR count). The summed E-state index contributed by atoms with van der Waals surface area (Å²) in [4.78, 5) is 11.4. The highest BCUT2D eigenvalue weighted by Gasteiger charge is 2.34. The molecule has 6 nitrogen and oxygen atoms in total. The van der Waals surface area contributed by atoms with Gasteiger partial charge in [-0.15, -0.1) is 0 Å². The van der Waals surface area contributed by atoms with Gasteiger partial charge in [0.25, 0.3) is 0 Å². The first-order valence-corrected chi connectivity index (χ1v) is 8.88. The molecule has 0 aromatic carbocycles. The van der Waals surface area contributed by atoms with Gasteiger partial charge in [0.1, 0.15) is 12.9 Å². The minimum Gasteiger partial charge on any atom is -0.441 e. The zero-order valence-corrected chi connectivity index (χ0v) is 15.5. The number of methoxy groups -OCH3 is 1. The van der Waals surface area contributed by atoms with Gasteiger partial charge in [0, 0.05) is 7.11 Å². The summed E-state index contributed by atoms with van der Waals surface area (Å²) in [5.41, 5.74) is 0. The maximum atomic E-state index is 11.4. The van der Waals surface area contributed by atoms with Crippen molar-refractivity contribution >= 4 is 6.09 Å². The van der Waals surface area contributed by atoms with Crippen molar-refractivity contribution < 1.29 is 23.7 Å². The number of amides is 1. The molecule has 4 atom stereocenters. The third kappa shape index (κ3) is 8.66. The summed E-state index contributed by atoms with van der Waals surface area (Å²) >= 11 is 0. The molecule has 1 aliphatic heterocycles. The zero-order valence-electron chi connectivity index (χ0n) is 15.5. The highest BCUT2D eigenvalue weighted by Crippen LogP contribution is 2.18. The number of allylic oxidation sites excluding steroid dienone is 2. The van der Waals surface area contributed by atoms with Crippen LogP contribution in [0.1, 0.15) is 46.5 Å². The maximum Gasteiger partial charge on any atom is 0.409 e. The number of hydrogen-bond acceptors (Lipinski definition) is 5. The fourth-order valence-electron chi connectivity index (χ4n) is 2.59. The van der Waals surface area contributed by atoms with Crippen LogP contribution in [0.15, 0.2) is 12.2 Å². The predicted octanol–water partition coefficient (Wildman–Crippen LogP) is 3.47. The molecule has 0 bridgehead atoms. The lowest BCUT2D eigenvalue weighted by Crippen LogP contribution is -2.35. The van der Waals surface area contributed by atoms with Crippen LogP contribution in [0.5, 0.6) is 0 Å². The van der Waals surface area contributed by atoms with Crippen molar-refractivity contribution in [2.24, 2.45) is 11.8 Å². The van der Waals surface area contributed by atoms with E-state index in [9.17, 15) is 4.79 Å². The van der Waals surface area contributed by atoms with Crippen LogP contribution in [-0.4, -0.2) is 45.5 Å². The second kappa shape index (κ2) is 12.3. The van der Waals surface area contributed by atoms with Crippen LogP contribution in [0.2, 0.25) is 0 Å². The monoisotopic (exact) mass is 343 g/mol. The first-order valence-electron chi connectivity index (χ1n) is 8.88. The number of rotatable bonds is 13. The van der Waals surface area contributed by atoms with Crippen LogP contribution >= 0.6 is 0 Å². The van der Waals surface area contributed by atoms with Gasteiger partial charge in [-0.05, 0) is 31.1 Å². The fraction of sp³-hybridized carbons (Fsp3) is 0.833. The average Bonchev–Trinajstić information content (AvgIpc) is 2.91. The Morgan fingerprint density at radius 3 is 2.83 bits per heavy atom. The molecular formula is C18H33NO5. The molecule has 1 aliphatic rings. The van der Waals surface area contributed by atoms with E-state index >= 15 is 0 Å². The van der Waals surface area contributed by atoms with Crippen LogP contribution in [0.25, 0.3) is 0 Å². The van der Waals surface area contributed by atoms with Crippen molar-refractivity contribution in [1.82, 2.24) is 5.32 Å². The summed E-state index contributed by atoms with van der Waals surface area (Å²) in [6.45, 7) is 7.82. The Kier molecular flexibility index (Phi) is 10.7. The number of alkyl carbamates (subject to hydrolysis) is 1. The van der Waals surface area contributed by atoms with E-state index in [-0.39, 0.29) is 12.9 Å². The van der Waals surface area contributed by atoms with Gasteiger partial charge in [-0.2, -0.15) is 0 Å². The van der Waals surface area contributed by atoms with Crippen LogP contribution in [-0.2, 0) is 18.9 Å². The van der Waals surface area contributed by atoms with Crippen molar-refractivity contribution in [3.05, 3.63) is 12.2 Å². The topological polar surface area (TPSA) is 66.0 Å². The highest BCUT2D eigenvalue weighted by atomic mass is 16.7. The third-order valence-electron chi connectivity index (χ3n) is 4.17. The lowest BCUT2D eigenvalue weighted by atomic mass is 9.95. The molecule has 0 saturated carbocycles. The summed E-state index contributed by atoms with van der Waals surface area (Å²) in [5.74, 6) is 1.32. The number of carbonyl (C=O) groups is 1. The molecule has 140 valence electrons. The van der Waals surface area contributed by atoms with E-state index in [0.717, 1.165) is 18.8 Å². The summed E-state index contributed by atoms with van der Waals surface area (Å²) in [6.07, 6.45) is 7.26. The Labute approximate surface area is 145 Å². The first-order chi connectivity index (χ1) is 11.6. The van der Waals surface area contributed by atoms with E-state index in [1.165, 1.54) is 12.8 Å². The van der Waals surface area contributed by atoms with Gasteiger partial charge >= 0.3 is 6.09 Å². The van der Waals surface area contributed by atoms with E-state index in [0.29, 0.717) is 19.1 Å². The van der Waals surface area contributed by atoms with Gasteiger partial charge in [0.2, 0.25) is 0 Å². The molecule has 1 fully saturated rings. The minimum absolute atomic E-state index is 0.107. The molecule has 24 heavy (non-hydrogen) atoms. The maximum absolute atomic E-state index is 11.4. The number of hydrogen-bond donors (Lipinski definition) is 1. The average molecular weight is 343 g/mol. The summed E-state index contributed by atoms with van der Waals surface area (Å²) in [6, 6.07) is 0. The molecule has 1 heterocycles. The largest absolute Gasteiger partial charge is 0.441 e. The molecule has 0 unspecified atom stereocenters. The summed E-state index contributed by atoms with van der Waals surface area (Å²) in [7, 11) is 1.61. The second-order valence-corrected chi connectivity index (χ2v) is 6.43. The SMILES string of the molecule is CC[C@H](C)C[C@@H](C)/C=C/CC[C@H]1OC(=O)N[C@@H]1OCOCCOC. The van der Waals surface area contributed by atoms with Crippen molar-refractivity contribution in [3.8, 4) is 0 Å². The molecule has 0 aliphatic carbocycles. The molecule has 0 radical (unpaired) electrons. The van der Waals surface area contributed by atoms with Crippen LogP contribution in [0.3, 0.4) is 0 Å². The lowest BCUT2D eigenvalue weighted by molar-refractivity contribution is -0.118. The molecule has 1 saturated heterocycles. The van der Waals surface area contributed by atoms with E-state index in [1.807, 2.05) is 0 Å². The third-order valence-corrected chi connectivity index (χ3v) is 4.17. The van der Waals surface area contributed by atoms with Gasteiger partial charge in [-0.3, -0.25) is 5.32 Å². The van der Waals surface area contributed by atoms with E-state index in [4.69, 9.17) is 18.9 Å². The Morgan fingerprint density at radius 1 is 1.33 bits per heavy atom. The Balaban J connectivity index is 2.24. The number of nitrogens with one attached hydrogen (secondary N) is 1. The van der Waals surface area contributed by atoms with E-state index in [1.54, 1.807) is 7.11 Å². The lowest BCUT2D eigenvalue weighted by Gasteiger charge is -2.17. The van der Waals surface area contributed by atoms with Gasteiger partial charge in [0.05, 0.1) is 13.2 Å². The quantitative estimate of drug-likeness (QED) is 0.315. The Morgan fingerprint density at radius 2 is 2.12 bits per heavy atom. The Hall–Kier alpha value is -1.11.